The van der Waals surface area contributed by atoms with Crippen LogP contribution in [0.4, 0.5) is 0 Å². The van der Waals surface area contributed by atoms with E-state index in [2.05, 4.69) is 99.8 Å². The van der Waals surface area contributed by atoms with Crippen molar-refractivity contribution in [2.45, 2.75) is 327 Å². The fourth-order valence-corrected chi connectivity index (χ4v) is 9.85. The first-order valence-corrected chi connectivity index (χ1v) is 33.6. The minimum absolute atomic E-state index is 0.0546. The Hall–Kier alpha value is -4.10. The molecule has 1 fully saturated rings. The summed E-state index contributed by atoms with van der Waals surface area (Å²) in [4.78, 5) is 51.4. The van der Waals surface area contributed by atoms with Gasteiger partial charge < -0.3 is 39.0 Å². The lowest BCUT2D eigenvalue weighted by Crippen LogP contribution is -2.61. The monoisotopic (exact) mass is 1160 g/mol. The highest BCUT2D eigenvalue weighted by Gasteiger charge is 2.50. The molecule has 0 aliphatic carbocycles. The first kappa shape index (κ1) is 76.9. The maximum absolute atomic E-state index is 13.2. The molecule has 1 heterocycles. The second-order valence-electron chi connectivity index (χ2n) is 22.7. The Morgan fingerprint density at radius 2 is 0.771 bits per heavy atom. The van der Waals surface area contributed by atoms with Gasteiger partial charge in [0.1, 0.15) is 18.8 Å². The van der Waals surface area contributed by atoms with Gasteiger partial charge >= 0.3 is 23.9 Å². The van der Waals surface area contributed by atoms with Crippen LogP contribution in [0.15, 0.2) is 85.1 Å². The average Bonchev–Trinajstić information content (AvgIpc) is 3.59. The van der Waals surface area contributed by atoms with Gasteiger partial charge in [-0.2, -0.15) is 0 Å². The van der Waals surface area contributed by atoms with Gasteiger partial charge in [-0.05, 0) is 89.9 Å². The Morgan fingerprint density at radius 3 is 1.22 bits per heavy atom. The summed E-state index contributed by atoms with van der Waals surface area (Å²) in [6.45, 7) is 5.85. The van der Waals surface area contributed by atoms with Gasteiger partial charge in [0.05, 0.1) is 6.61 Å². The Morgan fingerprint density at radius 1 is 0.410 bits per heavy atom. The molecule has 0 aromatic rings. The molecule has 476 valence electrons. The predicted octanol–water partition coefficient (Wildman–Crippen LogP) is 18.2. The zero-order chi connectivity index (χ0) is 60.3. The van der Waals surface area contributed by atoms with Crippen LogP contribution in [0.1, 0.15) is 290 Å². The van der Waals surface area contributed by atoms with Crippen LogP contribution in [0, 0.1) is 0 Å². The van der Waals surface area contributed by atoms with E-state index in [1.807, 2.05) is 6.08 Å². The second-order valence-corrected chi connectivity index (χ2v) is 22.7. The maximum atomic E-state index is 13.2. The number of hydrogen-bond acceptors (Lipinski definition) is 11. The molecular formula is C71H120O12. The number of carbonyl (C=O) groups is 4. The number of carbonyl (C=O) groups excluding carboxylic acids is 3. The molecule has 1 saturated heterocycles. The zero-order valence-electron chi connectivity index (χ0n) is 52.7. The van der Waals surface area contributed by atoms with Gasteiger partial charge in [0.15, 0.2) is 24.6 Å². The zero-order valence-corrected chi connectivity index (χ0v) is 52.7. The number of hydrogen-bond donors (Lipinski definition) is 3. The third kappa shape index (κ3) is 47.8. The Kier molecular flexibility index (Phi) is 54.0. The van der Waals surface area contributed by atoms with Crippen LogP contribution >= 0.6 is 0 Å². The van der Waals surface area contributed by atoms with Crippen molar-refractivity contribution in [3.8, 4) is 0 Å². The Bertz CT molecular complexity index is 1760. The number of carboxylic acids is 1. The number of rotatable bonds is 57. The molecule has 12 nitrogen and oxygen atoms in total. The highest BCUT2D eigenvalue weighted by Crippen LogP contribution is 2.27. The number of unbranched alkanes of at least 4 members (excludes halogenated alkanes) is 29. The minimum Gasteiger partial charge on any atom is -0.479 e. The van der Waals surface area contributed by atoms with E-state index in [0.29, 0.717) is 25.7 Å². The van der Waals surface area contributed by atoms with Crippen molar-refractivity contribution in [2.24, 2.45) is 0 Å². The average molecular weight is 1170 g/mol. The summed E-state index contributed by atoms with van der Waals surface area (Å²) in [6, 6.07) is 0. The quantitative estimate of drug-likeness (QED) is 0.0228. The van der Waals surface area contributed by atoms with Crippen molar-refractivity contribution >= 4 is 23.9 Å². The molecule has 83 heavy (non-hydrogen) atoms. The van der Waals surface area contributed by atoms with E-state index in [1.54, 1.807) is 0 Å². The molecule has 0 aromatic carbocycles. The molecule has 6 unspecified atom stereocenters. The number of aliphatic carboxylic acids is 1. The fraction of sp³-hybridized carbons (Fsp3) is 0.746. The molecule has 12 heteroatoms. The van der Waals surface area contributed by atoms with Crippen molar-refractivity contribution < 1.29 is 58.2 Å². The van der Waals surface area contributed by atoms with E-state index >= 15 is 0 Å². The van der Waals surface area contributed by atoms with Crippen LogP contribution in [-0.2, 0) is 42.9 Å². The highest BCUT2D eigenvalue weighted by molar-refractivity contribution is 5.74. The van der Waals surface area contributed by atoms with E-state index in [0.717, 1.165) is 89.9 Å². The van der Waals surface area contributed by atoms with Gasteiger partial charge in [-0.3, -0.25) is 14.4 Å². The Balaban J connectivity index is 2.68. The van der Waals surface area contributed by atoms with Gasteiger partial charge in [-0.1, -0.05) is 266 Å². The molecule has 3 N–H and O–H groups in total. The van der Waals surface area contributed by atoms with Crippen LogP contribution in [0.3, 0.4) is 0 Å². The topological polar surface area (TPSA) is 175 Å². The smallest absolute Gasteiger partial charge is 0.335 e. The molecular weight excluding hydrogens is 1040 g/mol. The van der Waals surface area contributed by atoms with Crippen LogP contribution in [0.5, 0.6) is 0 Å². The summed E-state index contributed by atoms with van der Waals surface area (Å²) in [7, 11) is 0. The van der Waals surface area contributed by atoms with Crippen LogP contribution in [-0.4, -0.2) is 89.2 Å². The van der Waals surface area contributed by atoms with Gasteiger partial charge in [-0.25, -0.2) is 4.79 Å². The lowest BCUT2D eigenvalue weighted by atomic mass is 9.98. The summed E-state index contributed by atoms with van der Waals surface area (Å²) >= 11 is 0. The van der Waals surface area contributed by atoms with E-state index in [-0.39, 0.29) is 25.9 Å². The molecule has 0 radical (unpaired) electrons. The number of carboxylic acid groups (broad SMARTS) is 1. The highest BCUT2D eigenvalue weighted by atomic mass is 16.7. The van der Waals surface area contributed by atoms with E-state index in [4.69, 9.17) is 23.7 Å². The normalized spacial score (nSPS) is 18.1. The third-order valence-electron chi connectivity index (χ3n) is 15.0. The molecule has 1 aliphatic rings. The van der Waals surface area contributed by atoms with Crippen molar-refractivity contribution in [1.29, 1.82) is 0 Å². The van der Waals surface area contributed by atoms with Crippen molar-refractivity contribution in [3.63, 3.8) is 0 Å². The lowest BCUT2D eigenvalue weighted by molar-refractivity contribution is -0.301. The van der Waals surface area contributed by atoms with E-state index in [9.17, 15) is 34.5 Å². The summed E-state index contributed by atoms with van der Waals surface area (Å²) in [6.07, 6.45) is 64.0. The van der Waals surface area contributed by atoms with E-state index in [1.165, 1.54) is 135 Å². The third-order valence-corrected chi connectivity index (χ3v) is 15.0. The molecule has 0 saturated carbocycles. The SMILES string of the molecule is CC/C=C\C/C=C\C/C=C\C/C=C\C/C=C\CCCC(=O)OC(COC(=O)CCCCCCCCCCC/C=C\C/C=C\CCCCC)COC1OC(C(=O)O)C(O)C(O)C1OC(=O)CCCCCCCCCCCCCCCCCCC. The summed E-state index contributed by atoms with van der Waals surface area (Å²) in [5.74, 6) is -3.19. The standard InChI is InChI=1S/C71H120O12/c1-4-7-10-13-16-19-22-25-28-31-32-35-36-39-42-45-48-51-54-57-63(72)79-60-62(81-64(73)58-55-52-49-46-43-40-37-33-29-26-23-20-17-14-11-8-5-2)61-80-71-69(67(76)66(75)68(83-71)70(77)78)82-65(74)59-56-53-50-47-44-41-38-34-30-27-24-21-18-15-12-9-6-3/h8,11,16-17,19-20,25-26,28-29,37,40,46,49,62,66-69,71,75-76H,4-7,9-10,12-15,18,21-24,27,30-36,38-39,41-45,47-48,50-61H2,1-3H3,(H,77,78)/b11-8-,19-16-,20-17-,28-25-,29-26-,40-37-,49-46-. The van der Waals surface area contributed by atoms with Gasteiger partial charge in [-0.15, -0.1) is 0 Å². The van der Waals surface area contributed by atoms with Crippen molar-refractivity contribution in [2.75, 3.05) is 13.2 Å². The number of aliphatic hydroxyl groups is 2. The molecule has 0 bridgehead atoms. The first-order valence-electron chi connectivity index (χ1n) is 33.6. The first-order chi connectivity index (χ1) is 40.6. The summed E-state index contributed by atoms with van der Waals surface area (Å²) < 4.78 is 28.5. The lowest BCUT2D eigenvalue weighted by Gasteiger charge is -2.40. The second kappa shape index (κ2) is 58.3. The predicted molar refractivity (Wildman–Crippen MR) is 340 cm³/mol. The largest absolute Gasteiger partial charge is 0.479 e. The summed E-state index contributed by atoms with van der Waals surface area (Å²) in [5, 5.41) is 31.6. The maximum Gasteiger partial charge on any atom is 0.335 e. The molecule has 1 aliphatic heterocycles. The number of aliphatic hydroxyl groups excluding tert-OH is 2. The Labute approximate surface area is 505 Å². The molecule has 0 aromatic heterocycles. The molecule has 0 spiro atoms. The fourth-order valence-electron chi connectivity index (χ4n) is 9.85. The number of allylic oxidation sites excluding steroid dienone is 14. The van der Waals surface area contributed by atoms with Gasteiger partial charge in [0.2, 0.25) is 0 Å². The number of ether oxygens (including phenoxy) is 5. The minimum atomic E-state index is -1.91. The van der Waals surface area contributed by atoms with Crippen LogP contribution in [0.2, 0.25) is 0 Å². The van der Waals surface area contributed by atoms with Crippen LogP contribution < -0.4 is 0 Å². The molecule has 6 atom stereocenters. The van der Waals surface area contributed by atoms with Crippen molar-refractivity contribution in [1.82, 2.24) is 0 Å². The van der Waals surface area contributed by atoms with Gasteiger partial charge in [0, 0.05) is 19.3 Å². The van der Waals surface area contributed by atoms with Crippen molar-refractivity contribution in [3.05, 3.63) is 85.1 Å². The molecule has 1 rings (SSSR count). The van der Waals surface area contributed by atoms with Gasteiger partial charge in [0.25, 0.3) is 0 Å². The van der Waals surface area contributed by atoms with E-state index < -0.39 is 67.3 Å². The summed E-state index contributed by atoms with van der Waals surface area (Å²) in [5.41, 5.74) is 0. The molecule has 0 amide bonds. The number of esters is 3. The van der Waals surface area contributed by atoms with Crippen LogP contribution in [0.25, 0.3) is 0 Å².